The van der Waals surface area contributed by atoms with Crippen LogP contribution in [-0.4, -0.2) is 25.0 Å². The largest absolute Gasteiger partial charge is 0.490 e. The molecule has 30 heavy (non-hydrogen) atoms. The molecule has 0 atom stereocenters. The Balaban J connectivity index is 1.39. The van der Waals surface area contributed by atoms with Gasteiger partial charge in [0.2, 0.25) is 0 Å². The smallest absolute Gasteiger partial charge is 0.416 e. The molecule has 3 nitrogen and oxygen atoms in total. The number of Topliss-reactive ketones (excluding diaryl/α,β-unsaturated/α-hetero) is 1. The number of anilines is 1. The van der Waals surface area contributed by atoms with Gasteiger partial charge in [-0.05, 0) is 60.2 Å². The van der Waals surface area contributed by atoms with Crippen LogP contribution in [0.15, 0.2) is 60.7 Å². The van der Waals surface area contributed by atoms with Gasteiger partial charge in [-0.3, -0.25) is 4.79 Å². The first-order valence-electron chi connectivity index (χ1n) is 9.93. The van der Waals surface area contributed by atoms with Gasteiger partial charge in [0, 0.05) is 37.2 Å². The maximum absolute atomic E-state index is 12.7. The normalized spacial score (nSPS) is 15.4. The van der Waals surface area contributed by atoms with Gasteiger partial charge in [0.15, 0.2) is 5.78 Å². The number of hydrogen-bond donors (Lipinski definition) is 0. The van der Waals surface area contributed by atoms with Crippen LogP contribution < -0.4 is 9.64 Å². The predicted molar refractivity (Wildman–Crippen MR) is 111 cm³/mol. The Morgan fingerprint density at radius 3 is 2.23 bits per heavy atom. The van der Waals surface area contributed by atoms with E-state index < -0.39 is 11.7 Å². The standard InChI is InChI=1S/C24H22F3NO2/c1-16(29)18-3-2-17-4-9-23(15-19(17)14-18)30-22-10-12-28(13-11-22)21-7-5-20(6-8-21)24(25,26)27/h2-9,14-15,22H,10-13H2,1H3. The van der Waals surface area contributed by atoms with Crippen LogP contribution in [0.3, 0.4) is 0 Å². The number of ketones is 1. The Hall–Kier alpha value is -3.02. The lowest BCUT2D eigenvalue weighted by atomic mass is 10.0. The average molecular weight is 413 g/mol. The number of alkyl halides is 3. The van der Waals surface area contributed by atoms with Crippen molar-refractivity contribution in [1.82, 2.24) is 0 Å². The van der Waals surface area contributed by atoms with Crippen molar-refractivity contribution in [3.63, 3.8) is 0 Å². The number of carbonyl (C=O) groups excluding carboxylic acids is 1. The molecule has 3 aromatic carbocycles. The number of nitrogens with zero attached hydrogens (tertiary/aromatic N) is 1. The molecule has 0 aliphatic carbocycles. The van der Waals surface area contributed by atoms with Crippen LogP contribution in [-0.2, 0) is 6.18 Å². The van der Waals surface area contributed by atoms with Gasteiger partial charge in [0.05, 0.1) is 5.56 Å². The van der Waals surface area contributed by atoms with Crippen molar-refractivity contribution in [3.05, 3.63) is 71.8 Å². The summed E-state index contributed by atoms with van der Waals surface area (Å²) in [6, 6.07) is 16.8. The first kappa shape index (κ1) is 20.3. The molecule has 6 heteroatoms. The third-order valence-corrected chi connectivity index (χ3v) is 5.52. The molecule has 1 aliphatic heterocycles. The maximum Gasteiger partial charge on any atom is 0.416 e. The lowest BCUT2D eigenvalue weighted by Gasteiger charge is -2.34. The third-order valence-electron chi connectivity index (χ3n) is 5.52. The van der Waals surface area contributed by atoms with E-state index >= 15 is 0 Å². The van der Waals surface area contributed by atoms with E-state index in [0.717, 1.165) is 60.3 Å². The van der Waals surface area contributed by atoms with Gasteiger partial charge in [-0.2, -0.15) is 13.2 Å². The van der Waals surface area contributed by atoms with Gasteiger partial charge in [0.25, 0.3) is 0 Å². The van der Waals surface area contributed by atoms with Crippen LogP contribution in [0.25, 0.3) is 10.8 Å². The fraction of sp³-hybridized carbons (Fsp3) is 0.292. The minimum absolute atomic E-state index is 0.0267. The Morgan fingerprint density at radius 2 is 1.60 bits per heavy atom. The maximum atomic E-state index is 12.7. The van der Waals surface area contributed by atoms with Crippen molar-refractivity contribution < 1.29 is 22.7 Å². The average Bonchev–Trinajstić information content (AvgIpc) is 2.73. The van der Waals surface area contributed by atoms with E-state index in [1.165, 1.54) is 12.1 Å². The molecule has 1 heterocycles. The van der Waals surface area contributed by atoms with Gasteiger partial charge in [-0.1, -0.05) is 18.2 Å². The number of fused-ring (bicyclic) bond motifs is 1. The summed E-state index contributed by atoms with van der Waals surface area (Å²) in [6.45, 7) is 2.99. The van der Waals surface area contributed by atoms with E-state index in [1.54, 1.807) is 6.92 Å². The SMILES string of the molecule is CC(=O)c1ccc2ccc(OC3CCN(c4ccc(C(F)(F)F)cc4)CC3)cc2c1. The van der Waals surface area contributed by atoms with Crippen molar-refractivity contribution in [1.29, 1.82) is 0 Å². The first-order valence-corrected chi connectivity index (χ1v) is 9.93. The van der Waals surface area contributed by atoms with Crippen LogP contribution >= 0.6 is 0 Å². The van der Waals surface area contributed by atoms with E-state index in [-0.39, 0.29) is 11.9 Å². The first-order chi connectivity index (χ1) is 14.3. The van der Waals surface area contributed by atoms with Crippen LogP contribution in [0.4, 0.5) is 18.9 Å². The van der Waals surface area contributed by atoms with Gasteiger partial charge >= 0.3 is 6.18 Å². The number of rotatable bonds is 4. The van der Waals surface area contributed by atoms with E-state index in [9.17, 15) is 18.0 Å². The van der Waals surface area contributed by atoms with Crippen molar-refractivity contribution in [2.75, 3.05) is 18.0 Å². The van der Waals surface area contributed by atoms with Crippen molar-refractivity contribution >= 4 is 22.2 Å². The van der Waals surface area contributed by atoms with Gasteiger partial charge in [-0.15, -0.1) is 0 Å². The second-order valence-corrected chi connectivity index (χ2v) is 7.63. The molecule has 0 radical (unpaired) electrons. The molecule has 0 bridgehead atoms. The molecule has 0 aromatic heterocycles. The van der Waals surface area contributed by atoms with E-state index in [2.05, 4.69) is 4.90 Å². The lowest BCUT2D eigenvalue weighted by molar-refractivity contribution is -0.137. The molecular weight excluding hydrogens is 391 g/mol. The zero-order chi connectivity index (χ0) is 21.3. The highest BCUT2D eigenvalue weighted by atomic mass is 19.4. The highest BCUT2D eigenvalue weighted by Gasteiger charge is 2.30. The second-order valence-electron chi connectivity index (χ2n) is 7.63. The number of carbonyl (C=O) groups is 1. The summed E-state index contributed by atoms with van der Waals surface area (Å²) < 4.78 is 44.3. The van der Waals surface area contributed by atoms with Crippen LogP contribution in [0.2, 0.25) is 0 Å². The minimum Gasteiger partial charge on any atom is -0.490 e. The number of benzene rings is 3. The van der Waals surface area contributed by atoms with Crippen molar-refractivity contribution in [2.24, 2.45) is 0 Å². The predicted octanol–water partition coefficient (Wildman–Crippen LogP) is 6.11. The molecule has 0 saturated carbocycles. The Morgan fingerprint density at radius 1 is 0.933 bits per heavy atom. The van der Waals surface area contributed by atoms with Crippen LogP contribution in [0.5, 0.6) is 5.75 Å². The number of hydrogen-bond acceptors (Lipinski definition) is 3. The minimum atomic E-state index is -4.32. The number of ether oxygens (including phenoxy) is 1. The van der Waals surface area contributed by atoms with Gasteiger partial charge in [-0.25, -0.2) is 0 Å². The Labute approximate surface area is 173 Å². The highest BCUT2D eigenvalue weighted by molar-refractivity contribution is 5.98. The summed E-state index contributed by atoms with van der Waals surface area (Å²) in [6.07, 6.45) is -2.70. The fourth-order valence-corrected chi connectivity index (χ4v) is 3.80. The molecule has 1 saturated heterocycles. The van der Waals surface area contributed by atoms with Crippen molar-refractivity contribution in [3.8, 4) is 5.75 Å². The summed E-state index contributed by atoms with van der Waals surface area (Å²) in [7, 11) is 0. The molecule has 0 amide bonds. The number of halogens is 3. The third kappa shape index (κ3) is 4.42. The molecule has 0 N–H and O–H groups in total. The zero-order valence-corrected chi connectivity index (χ0v) is 16.6. The molecule has 3 aromatic rings. The molecule has 1 aliphatic rings. The molecule has 0 spiro atoms. The number of piperidine rings is 1. The fourth-order valence-electron chi connectivity index (χ4n) is 3.80. The summed E-state index contributed by atoms with van der Waals surface area (Å²) in [5.74, 6) is 0.787. The van der Waals surface area contributed by atoms with E-state index in [0.29, 0.717) is 5.56 Å². The topological polar surface area (TPSA) is 29.5 Å². The zero-order valence-electron chi connectivity index (χ0n) is 16.6. The highest BCUT2D eigenvalue weighted by Crippen LogP contribution is 2.31. The van der Waals surface area contributed by atoms with E-state index in [1.807, 2.05) is 36.4 Å². The van der Waals surface area contributed by atoms with Gasteiger partial charge in [0.1, 0.15) is 11.9 Å². The van der Waals surface area contributed by atoms with Gasteiger partial charge < -0.3 is 9.64 Å². The molecule has 1 fully saturated rings. The van der Waals surface area contributed by atoms with Crippen LogP contribution in [0, 0.1) is 0 Å². The quantitative estimate of drug-likeness (QED) is 0.484. The Bertz CT molecular complexity index is 1050. The van der Waals surface area contributed by atoms with Crippen LogP contribution in [0.1, 0.15) is 35.7 Å². The summed E-state index contributed by atoms with van der Waals surface area (Å²) in [5, 5.41) is 2.01. The summed E-state index contributed by atoms with van der Waals surface area (Å²) in [5.41, 5.74) is 0.835. The second kappa shape index (κ2) is 8.01. The monoisotopic (exact) mass is 413 g/mol. The lowest BCUT2D eigenvalue weighted by Crippen LogP contribution is -2.38. The molecule has 0 unspecified atom stereocenters. The summed E-state index contributed by atoms with van der Waals surface area (Å²) in [4.78, 5) is 13.7. The van der Waals surface area contributed by atoms with E-state index in [4.69, 9.17) is 4.74 Å². The molecule has 4 rings (SSSR count). The van der Waals surface area contributed by atoms with Crippen molar-refractivity contribution in [2.45, 2.75) is 32.0 Å². The Kier molecular flexibility index (Phi) is 5.41. The molecular formula is C24H22F3NO2. The molecule has 156 valence electrons. The summed E-state index contributed by atoms with van der Waals surface area (Å²) >= 11 is 0.